The molecule has 78 valence electrons. The molecule has 5 nitrogen and oxygen atoms in total. The van der Waals surface area contributed by atoms with Gasteiger partial charge in [-0.2, -0.15) is 0 Å². The summed E-state index contributed by atoms with van der Waals surface area (Å²) in [5.41, 5.74) is 6.22. The number of nitrogens with two attached hydrogens (primary N) is 1. The second-order valence-electron chi connectivity index (χ2n) is 2.89. The standard InChI is InChI=1S/C8H14N3O2P/c1-10-14(9,13)11(2)7-3-5-8(12)6-4-7/h3-6,12H,1-2H3,(H3,9,10,13). The largest absolute Gasteiger partial charge is 0.508 e. The zero-order valence-electron chi connectivity index (χ0n) is 8.14. The third-order valence-corrected chi connectivity index (χ3v) is 3.75. The Morgan fingerprint density at radius 3 is 2.36 bits per heavy atom. The molecule has 0 aromatic heterocycles. The minimum Gasteiger partial charge on any atom is -0.508 e. The topological polar surface area (TPSA) is 78.6 Å². The molecular formula is C8H14N3O2P. The van der Waals surface area contributed by atoms with Gasteiger partial charge in [0, 0.05) is 12.7 Å². The van der Waals surface area contributed by atoms with E-state index in [-0.39, 0.29) is 5.75 Å². The van der Waals surface area contributed by atoms with E-state index in [0.29, 0.717) is 5.69 Å². The first kappa shape index (κ1) is 11.0. The summed E-state index contributed by atoms with van der Waals surface area (Å²) in [4.78, 5) is 0. The van der Waals surface area contributed by atoms with E-state index < -0.39 is 7.59 Å². The van der Waals surface area contributed by atoms with Gasteiger partial charge in [0.15, 0.2) is 0 Å². The minimum absolute atomic E-state index is 0.165. The van der Waals surface area contributed by atoms with Crippen molar-refractivity contribution in [2.45, 2.75) is 0 Å². The summed E-state index contributed by atoms with van der Waals surface area (Å²) in [6, 6.07) is 6.32. The molecule has 1 rings (SSSR count). The third-order valence-electron chi connectivity index (χ3n) is 1.99. The van der Waals surface area contributed by atoms with Gasteiger partial charge in [-0.05, 0) is 31.3 Å². The molecule has 1 aromatic carbocycles. The van der Waals surface area contributed by atoms with Gasteiger partial charge in [-0.25, -0.2) is 5.09 Å². The van der Waals surface area contributed by atoms with Crippen LogP contribution in [0.2, 0.25) is 0 Å². The van der Waals surface area contributed by atoms with E-state index in [1.165, 1.54) is 23.9 Å². The molecule has 0 aliphatic carbocycles. The molecule has 0 saturated carbocycles. The summed E-state index contributed by atoms with van der Waals surface area (Å²) in [5, 5.41) is 11.6. The Kier molecular flexibility index (Phi) is 3.16. The fourth-order valence-electron chi connectivity index (χ4n) is 0.990. The maximum absolute atomic E-state index is 11.7. The first-order valence-corrected chi connectivity index (χ1v) is 5.81. The van der Waals surface area contributed by atoms with Crippen molar-refractivity contribution in [3.05, 3.63) is 24.3 Å². The van der Waals surface area contributed by atoms with Crippen molar-refractivity contribution in [3.8, 4) is 5.75 Å². The van der Waals surface area contributed by atoms with E-state index >= 15 is 0 Å². The summed E-state index contributed by atoms with van der Waals surface area (Å²) < 4.78 is 13.1. The van der Waals surface area contributed by atoms with Gasteiger partial charge in [-0.15, -0.1) is 0 Å². The molecule has 14 heavy (non-hydrogen) atoms. The molecule has 1 aromatic rings. The van der Waals surface area contributed by atoms with Gasteiger partial charge in [-0.3, -0.25) is 10.1 Å². The highest BCUT2D eigenvalue weighted by molar-refractivity contribution is 7.61. The number of aromatic hydroxyl groups is 1. The number of anilines is 1. The lowest BCUT2D eigenvalue weighted by Gasteiger charge is -2.25. The Labute approximate surface area is 83.1 Å². The van der Waals surface area contributed by atoms with E-state index in [0.717, 1.165) is 0 Å². The Morgan fingerprint density at radius 1 is 1.43 bits per heavy atom. The number of hydrogen-bond donors (Lipinski definition) is 3. The normalized spacial score (nSPS) is 14.8. The number of rotatable bonds is 3. The molecule has 0 saturated heterocycles. The fourth-order valence-corrected chi connectivity index (χ4v) is 1.77. The summed E-state index contributed by atoms with van der Waals surface area (Å²) in [7, 11) is 0.168. The van der Waals surface area contributed by atoms with E-state index in [1.54, 1.807) is 19.2 Å². The number of hydrogen-bond acceptors (Lipinski definition) is 2. The molecule has 1 atom stereocenters. The number of nitrogens with zero attached hydrogens (tertiary/aromatic N) is 1. The van der Waals surface area contributed by atoms with Crippen molar-refractivity contribution in [2.24, 2.45) is 5.50 Å². The summed E-state index contributed by atoms with van der Waals surface area (Å²) in [5.74, 6) is 0.165. The predicted molar refractivity (Wildman–Crippen MR) is 57.4 cm³/mol. The van der Waals surface area contributed by atoms with Crippen LogP contribution in [0.15, 0.2) is 24.3 Å². The van der Waals surface area contributed by atoms with Crippen LogP contribution in [0.5, 0.6) is 5.75 Å². The highest BCUT2D eigenvalue weighted by Crippen LogP contribution is 2.38. The lowest BCUT2D eigenvalue weighted by atomic mass is 10.3. The van der Waals surface area contributed by atoms with Crippen molar-refractivity contribution >= 4 is 13.3 Å². The lowest BCUT2D eigenvalue weighted by molar-refractivity contribution is 0.475. The van der Waals surface area contributed by atoms with Crippen LogP contribution < -0.4 is 15.3 Å². The van der Waals surface area contributed by atoms with Gasteiger partial charge in [0.25, 0.3) is 0 Å². The van der Waals surface area contributed by atoms with Crippen LogP contribution in [0.3, 0.4) is 0 Å². The molecule has 1 unspecified atom stereocenters. The van der Waals surface area contributed by atoms with Crippen LogP contribution in [0.4, 0.5) is 5.69 Å². The molecule has 0 heterocycles. The van der Waals surface area contributed by atoms with Gasteiger partial charge < -0.3 is 9.78 Å². The molecule has 0 aliphatic rings. The van der Waals surface area contributed by atoms with Gasteiger partial charge >= 0.3 is 7.59 Å². The lowest BCUT2D eigenvalue weighted by Crippen LogP contribution is -2.27. The van der Waals surface area contributed by atoms with Crippen molar-refractivity contribution in [2.75, 3.05) is 18.8 Å². The quantitative estimate of drug-likeness (QED) is 0.658. The molecule has 0 radical (unpaired) electrons. The first-order valence-electron chi connectivity index (χ1n) is 4.08. The van der Waals surface area contributed by atoms with Crippen molar-refractivity contribution < 1.29 is 9.67 Å². The van der Waals surface area contributed by atoms with Crippen LogP contribution in [-0.2, 0) is 4.57 Å². The Bertz CT molecular complexity index is 352. The molecule has 0 bridgehead atoms. The molecule has 4 N–H and O–H groups in total. The van der Waals surface area contributed by atoms with Gasteiger partial charge in [-0.1, -0.05) is 0 Å². The number of nitrogens with one attached hydrogen (secondary N) is 1. The Balaban J connectivity index is 2.95. The number of phenolic OH excluding ortho intramolecular Hbond substituents is 1. The van der Waals surface area contributed by atoms with Crippen LogP contribution >= 0.6 is 7.59 Å². The van der Waals surface area contributed by atoms with Crippen LogP contribution in [0, 0.1) is 0 Å². The average molecular weight is 215 g/mol. The van der Waals surface area contributed by atoms with E-state index in [9.17, 15) is 4.57 Å². The van der Waals surface area contributed by atoms with Crippen LogP contribution in [0.25, 0.3) is 0 Å². The van der Waals surface area contributed by atoms with Crippen LogP contribution in [-0.4, -0.2) is 19.2 Å². The first-order chi connectivity index (χ1) is 6.47. The molecule has 0 spiro atoms. The summed E-state index contributed by atoms with van der Waals surface area (Å²) >= 11 is 0. The summed E-state index contributed by atoms with van der Waals surface area (Å²) in [6.07, 6.45) is 0. The Morgan fingerprint density at radius 2 is 1.93 bits per heavy atom. The average Bonchev–Trinajstić information content (AvgIpc) is 2.18. The van der Waals surface area contributed by atoms with Crippen LogP contribution in [0.1, 0.15) is 0 Å². The predicted octanol–water partition coefficient (Wildman–Crippen LogP) is 1.11. The second kappa shape index (κ2) is 4.00. The highest BCUT2D eigenvalue weighted by Gasteiger charge is 2.19. The van der Waals surface area contributed by atoms with Crippen molar-refractivity contribution in [1.29, 1.82) is 0 Å². The molecule has 0 fully saturated rings. The zero-order chi connectivity index (χ0) is 10.8. The zero-order valence-corrected chi connectivity index (χ0v) is 9.03. The minimum atomic E-state index is -3.00. The maximum atomic E-state index is 11.7. The van der Waals surface area contributed by atoms with Crippen molar-refractivity contribution in [3.63, 3.8) is 0 Å². The summed E-state index contributed by atoms with van der Waals surface area (Å²) in [6.45, 7) is 0. The number of phenols is 1. The van der Waals surface area contributed by atoms with Crippen molar-refractivity contribution in [1.82, 2.24) is 5.09 Å². The highest BCUT2D eigenvalue weighted by atomic mass is 31.2. The van der Waals surface area contributed by atoms with Gasteiger partial charge in [0.05, 0.1) is 0 Å². The van der Waals surface area contributed by atoms with E-state index in [2.05, 4.69) is 5.09 Å². The monoisotopic (exact) mass is 215 g/mol. The molecular weight excluding hydrogens is 201 g/mol. The second-order valence-corrected chi connectivity index (χ2v) is 5.18. The molecule has 0 aliphatic heterocycles. The fraction of sp³-hybridized carbons (Fsp3) is 0.250. The third kappa shape index (κ3) is 2.26. The van der Waals surface area contributed by atoms with E-state index in [1.807, 2.05) is 0 Å². The SMILES string of the molecule is CNP(N)(=O)N(C)c1ccc(O)cc1. The molecule has 0 amide bonds. The Hall–Kier alpha value is -1.03. The van der Waals surface area contributed by atoms with E-state index in [4.69, 9.17) is 10.6 Å². The maximum Gasteiger partial charge on any atom is 0.302 e. The smallest absolute Gasteiger partial charge is 0.302 e. The number of benzene rings is 1. The van der Waals surface area contributed by atoms with Gasteiger partial charge in [0.2, 0.25) is 0 Å². The molecule has 6 heteroatoms. The van der Waals surface area contributed by atoms with Gasteiger partial charge in [0.1, 0.15) is 5.75 Å².